The predicted octanol–water partition coefficient (Wildman–Crippen LogP) is 2.46. The number of ether oxygens (including phenoxy) is 1. The number of pyridine rings is 1. The third kappa shape index (κ3) is 4.06. The molecule has 0 aromatic carbocycles. The number of aromatic nitrogens is 1. The first-order chi connectivity index (χ1) is 9.20. The molecular weight excluding hydrogens is 262 g/mol. The van der Waals surface area contributed by atoms with Crippen molar-refractivity contribution in [1.29, 1.82) is 0 Å². The molecule has 0 saturated carbocycles. The van der Waals surface area contributed by atoms with E-state index >= 15 is 0 Å². The minimum Gasteiger partial charge on any atom is -0.376 e. The van der Waals surface area contributed by atoms with Crippen LogP contribution in [0.4, 0.5) is 5.82 Å². The van der Waals surface area contributed by atoms with E-state index in [9.17, 15) is 0 Å². The van der Waals surface area contributed by atoms with E-state index in [4.69, 9.17) is 16.3 Å². The summed E-state index contributed by atoms with van der Waals surface area (Å²) in [5, 5.41) is 3.97. The fourth-order valence-electron chi connectivity index (χ4n) is 2.30. The minimum absolute atomic E-state index is 0.310. The maximum absolute atomic E-state index is 6.32. The monoisotopic (exact) mass is 283 g/mol. The van der Waals surface area contributed by atoms with Crippen LogP contribution in [0.15, 0.2) is 12.3 Å². The molecule has 1 atom stereocenters. The average Bonchev–Trinajstić information content (AvgIpc) is 2.89. The van der Waals surface area contributed by atoms with Crippen LogP contribution < -0.4 is 10.2 Å². The van der Waals surface area contributed by atoms with Gasteiger partial charge in [-0.15, -0.1) is 0 Å². The largest absolute Gasteiger partial charge is 0.376 e. The molecule has 1 N–H and O–H groups in total. The van der Waals surface area contributed by atoms with Gasteiger partial charge in [0.1, 0.15) is 5.82 Å². The Kier molecular flexibility index (Phi) is 5.43. The van der Waals surface area contributed by atoms with Gasteiger partial charge in [0.05, 0.1) is 11.1 Å². The highest BCUT2D eigenvalue weighted by Gasteiger charge is 2.19. The van der Waals surface area contributed by atoms with Crippen LogP contribution in [0.5, 0.6) is 0 Å². The lowest BCUT2D eigenvalue weighted by molar-refractivity contribution is 0.116. The number of rotatable bonds is 6. The van der Waals surface area contributed by atoms with Crippen LogP contribution in [0, 0.1) is 0 Å². The topological polar surface area (TPSA) is 37.4 Å². The minimum atomic E-state index is 0.310. The highest BCUT2D eigenvalue weighted by Crippen LogP contribution is 2.24. The van der Waals surface area contributed by atoms with Gasteiger partial charge in [-0.2, -0.15) is 0 Å². The highest BCUT2D eigenvalue weighted by molar-refractivity contribution is 6.33. The molecule has 1 aliphatic heterocycles. The normalized spacial score (nSPS) is 18.8. The van der Waals surface area contributed by atoms with Crippen molar-refractivity contribution in [2.24, 2.45) is 0 Å². The maximum Gasteiger partial charge on any atom is 0.147 e. The SMILES string of the molecule is CCNCc1cnc(N(C)CC2CCCO2)c(Cl)c1. The summed E-state index contributed by atoms with van der Waals surface area (Å²) in [6.07, 6.45) is 4.47. The number of halogens is 1. The Bertz CT molecular complexity index is 408. The van der Waals surface area contributed by atoms with Crippen LogP contribution in [0.25, 0.3) is 0 Å². The lowest BCUT2D eigenvalue weighted by atomic mass is 10.2. The molecule has 0 bridgehead atoms. The zero-order chi connectivity index (χ0) is 13.7. The van der Waals surface area contributed by atoms with E-state index in [0.717, 1.165) is 50.5 Å². The smallest absolute Gasteiger partial charge is 0.147 e. The Morgan fingerprint density at radius 1 is 1.58 bits per heavy atom. The van der Waals surface area contributed by atoms with E-state index in [1.165, 1.54) is 0 Å². The maximum atomic E-state index is 6.32. The van der Waals surface area contributed by atoms with Crippen LogP contribution in [0.3, 0.4) is 0 Å². The first kappa shape index (κ1) is 14.6. The van der Waals surface area contributed by atoms with Crippen molar-refractivity contribution in [2.45, 2.75) is 32.4 Å². The number of likely N-dealkylation sites (N-methyl/N-ethyl adjacent to an activating group) is 1. The lowest BCUT2D eigenvalue weighted by Gasteiger charge is -2.22. The summed E-state index contributed by atoms with van der Waals surface area (Å²) < 4.78 is 5.64. The molecule has 0 radical (unpaired) electrons. The second kappa shape index (κ2) is 7.08. The van der Waals surface area contributed by atoms with Crippen LogP contribution in [-0.2, 0) is 11.3 Å². The first-order valence-electron chi connectivity index (χ1n) is 6.88. The van der Waals surface area contributed by atoms with Crippen LogP contribution in [0.1, 0.15) is 25.3 Å². The summed E-state index contributed by atoms with van der Waals surface area (Å²) in [6, 6.07) is 1.98. The number of nitrogens with zero attached hydrogens (tertiary/aromatic N) is 2. The van der Waals surface area contributed by atoms with E-state index in [-0.39, 0.29) is 0 Å². The first-order valence-corrected chi connectivity index (χ1v) is 7.26. The van der Waals surface area contributed by atoms with Gasteiger partial charge in [0.15, 0.2) is 0 Å². The zero-order valence-electron chi connectivity index (χ0n) is 11.7. The van der Waals surface area contributed by atoms with E-state index in [1.807, 2.05) is 19.3 Å². The van der Waals surface area contributed by atoms with Crippen molar-refractivity contribution < 1.29 is 4.74 Å². The number of hydrogen-bond donors (Lipinski definition) is 1. The summed E-state index contributed by atoms with van der Waals surface area (Å²) in [5.41, 5.74) is 1.11. The highest BCUT2D eigenvalue weighted by atomic mass is 35.5. The molecule has 19 heavy (non-hydrogen) atoms. The molecule has 1 aromatic heterocycles. The molecular formula is C14H22ClN3O. The Hall–Kier alpha value is -0.840. The number of hydrogen-bond acceptors (Lipinski definition) is 4. The Morgan fingerprint density at radius 2 is 2.42 bits per heavy atom. The quantitative estimate of drug-likeness (QED) is 0.870. The fourth-order valence-corrected chi connectivity index (χ4v) is 2.63. The van der Waals surface area contributed by atoms with E-state index in [0.29, 0.717) is 11.1 Å². The molecule has 1 aliphatic rings. The molecule has 0 spiro atoms. The Labute approximate surface area is 120 Å². The molecule has 1 unspecified atom stereocenters. The van der Waals surface area contributed by atoms with Crippen molar-refractivity contribution in [3.05, 3.63) is 22.8 Å². The van der Waals surface area contributed by atoms with Crippen LogP contribution in [-0.4, -0.2) is 37.8 Å². The fraction of sp³-hybridized carbons (Fsp3) is 0.643. The van der Waals surface area contributed by atoms with E-state index < -0.39 is 0 Å². The summed E-state index contributed by atoms with van der Waals surface area (Å²) in [7, 11) is 2.01. The van der Waals surface area contributed by atoms with Gasteiger partial charge in [-0.1, -0.05) is 18.5 Å². The van der Waals surface area contributed by atoms with Gasteiger partial charge < -0.3 is 15.0 Å². The standard InChI is InChI=1S/C14H22ClN3O/c1-3-16-8-11-7-13(15)14(17-9-11)18(2)10-12-5-4-6-19-12/h7,9,12,16H,3-6,8,10H2,1-2H3. The lowest BCUT2D eigenvalue weighted by Crippen LogP contribution is -2.29. The number of anilines is 1. The molecule has 5 heteroatoms. The van der Waals surface area contributed by atoms with Gasteiger partial charge in [0.25, 0.3) is 0 Å². The van der Waals surface area contributed by atoms with E-state index in [1.54, 1.807) is 0 Å². The molecule has 4 nitrogen and oxygen atoms in total. The van der Waals surface area contributed by atoms with Gasteiger partial charge in [0.2, 0.25) is 0 Å². The van der Waals surface area contributed by atoms with Crippen LogP contribution in [0.2, 0.25) is 5.02 Å². The zero-order valence-corrected chi connectivity index (χ0v) is 12.4. The average molecular weight is 284 g/mol. The molecule has 1 fully saturated rings. The van der Waals surface area contributed by atoms with Crippen LogP contribution >= 0.6 is 11.6 Å². The third-order valence-electron chi connectivity index (χ3n) is 3.32. The Balaban J connectivity index is 1.98. The van der Waals surface area contributed by atoms with Crippen molar-refractivity contribution >= 4 is 17.4 Å². The molecule has 2 heterocycles. The molecule has 1 saturated heterocycles. The van der Waals surface area contributed by atoms with E-state index in [2.05, 4.69) is 22.1 Å². The summed E-state index contributed by atoms with van der Waals surface area (Å²) in [5.74, 6) is 0.831. The van der Waals surface area contributed by atoms with Gasteiger partial charge in [0, 0.05) is 32.9 Å². The summed E-state index contributed by atoms with van der Waals surface area (Å²) >= 11 is 6.32. The van der Waals surface area contributed by atoms with Gasteiger partial charge >= 0.3 is 0 Å². The van der Waals surface area contributed by atoms with Gasteiger partial charge in [-0.05, 0) is 31.0 Å². The molecule has 2 rings (SSSR count). The molecule has 1 aromatic rings. The number of nitrogens with one attached hydrogen (secondary N) is 1. The summed E-state index contributed by atoms with van der Waals surface area (Å²) in [4.78, 5) is 6.55. The van der Waals surface area contributed by atoms with Gasteiger partial charge in [-0.25, -0.2) is 4.98 Å². The third-order valence-corrected chi connectivity index (χ3v) is 3.60. The predicted molar refractivity (Wildman–Crippen MR) is 78.9 cm³/mol. The molecule has 106 valence electrons. The van der Waals surface area contributed by atoms with Gasteiger partial charge in [-0.3, -0.25) is 0 Å². The summed E-state index contributed by atoms with van der Waals surface area (Å²) in [6.45, 7) is 5.55. The van der Waals surface area contributed by atoms with Crippen molar-refractivity contribution in [3.8, 4) is 0 Å². The second-order valence-corrected chi connectivity index (χ2v) is 5.35. The Morgan fingerprint density at radius 3 is 3.05 bits per heavy atom. The van der Waals surface area contributed by atoms with Crippen molar-refractivity contribution in [1.82, 2.24) is 10.3 Å². The second-order valence-electron chi connectivity index (χ2n) is 4.94. The molecule has 0 aliphatic carbocycles. The van der Waals surface area contributed by atoms with Crippen molar-refractivity contribution in [3.63, 3.8) is 0 Å². The molecule has 0 amide bonds. The van der Waals surface area contributed by atoms with Crippen molar-refractivity contribution in [2.75, 3.05) is 31.6 Å².